The van der Waals surface area contributed by atoms with Crippen LogP contribution in [-0.2, 0) is 11.3 Å². The molecule has 0 saturated heterocycles. The minimum Gasteiger partial charge on any atom is -0.383 e. The highest BCUT2D eigenvalue weighted by atomic mass is 127. The Morgan fingerprint density at radius 3 is 2.62 bits per heavy atom. The van der Waals surface area contributed by atoms with Gasteiger partial charge >= 0.3 is 0 Å². The first-order chi connectivity index (χ1) is 10.1. The average Bonchev–Trinajstić information content (AvgIpc) is 2.48. The summed E-state index contributed by atoms with van der Waals surface area (Å²) in [4.78, 5) is 11.7. The molecule has 0 saturated carbocycles. The first-order valence-corrected chi connectivity index (χ1v) is 7.89. The second-order valence-corrected chi connectivity index (χ2v) is 6.11. The second kappa shape index (κ2) is 7.61. The number of hydrogen-bond donors (Lipinski definition) is 1. The molecule has 0 aliphatic rings. The Labute approximate surface area is 138 Å². The molecule has 0 aliphatic heterocycles. The number of nitrogens with one attached hydrogen (secondary N) is 1. The van der Waals surface area contributed by atoms with Gasteiger partial charge in [0.2, 0.25) is 0 Å². The number of aromatic nitrogens is 1. The fourth-order valence-electron chi connectivity index (χ4n) is 2.07. The van der Waals surface area contributed by atoms with E-state index >= 15 is 0 Å². The van der Waals surface area contributed by atoms with Crippen molar-refractivity contribution in [1.82, 2.24) is 4.57 Å². The highest BCUT2D eigenvalue weighted by Gasteiger charge is 2.06. The van der Waals surface area contributed by atoms with Gasteiger partial charge in [-0.1, -0.05) is 12.1 Å². The molecule has 1 atom stereocenters. The van der Waals surface area contributed by atoms with Crippen LogP contribution in [-0.4, -0.2) is 18.3 Å². The van der Waals surface area contributed by atoms with Crippen LogP contribution in [0.2, 0.25) is 0 Å². The summed E-state index contributed by atoms with van der Waals surface area (Å²) < 4.78 is 7.90. The number of methoxy groups -OCH3 is 1. The lowest BCUT2D eigenvalue weighted by atomic mass is 10.1. The Morgan fingerprint density at radius 2 is 1.95 bits per heavy atom. The van der Waals surface area contributed by atoms with Crippen LogP contribution in [0.15, 0.2) is 47.4 Å². The Balaban J connectivity index is 2.11. The number of nitrogens with zero attached hydrogens (tertiary/aromatic N) is 1. The lowest BCUT2D eigenvalue weighted by Crippen LogP contribution is -2.21. The van der Waals surface area contributed by atoms with Crippen LogP contribution in [0.3, 0.4) is 0 Å². The summed E-state index contributed by atoms with van der Waals surface area (Å²) in [5.74, 6) is 0. The van der Waals surface area contributed by atoms with Gasteiger partial charge in [0.1, 0.15) is 0 Å². The normalized spacial score (nSPS) is 12.1. The lowest BCUT2D eigenvalue weighted by molar-refractivity contribution is 0.186. The maximum absolute atomic E-state index is 11.7. The zero-order valence-electron chi connectivity index (χ0n) is 12.2. The first kappa shape index (κ1) is 16.0. The molecular formula is C16H19IN2O2. The Kier molecular flexibility index (Phi) is 5.81. The van der Waals surface area contributed by atoms with Gasteiger partial charge in [-0.3, -0.25) is 4.79 Å². The van der Waals surface area contributed by atoms with E-state index in [1.807, 2.05) is 12.3 Å². The van der Waals surface area contributed by atoms with Gasteiger partial charge < -0.3 is 14.6 Å². The summed E-state index contributed by atoms with van der Waals surface area (Å²) in [7, 11) is 1.63. The van der Waals surface area contributed by atoms with Gasteiger partial charge in [-0.25, -0.2) is 0 Å². The molecule has 0 radical (unpaired) electrons. The fourth-order valence-corrected chi connectivity index (χ4v) is 2.43. The molecule has 112 valence electrons. The van der Waals surface area contributed by atoms with Crippen molar-refractivity contribution >= 4 is 28.3 Å². The fraction of sp³-hybridized carbons (Fsp3) is 0.312. The first-order valence-electron chi connectivity index (χ1n) is 6.81. The van der Waals surface area contributed by atoms with E-state index < -0.39 is 0 Å². The van der Waals surface area contributed by atoms with Gasteiger partial charge in [-0.2, -0.15) is 0 Å². The molecule has 0 fully saturated rings. The van der Waals surface area contributed by atoms with Crippen molar-refractivity contribution in [3.63, 3.8) is 0 Å². The quantitative estimate of drug-likeness (QED) is 0.760. The molecule has 1 aromatic heterocycles. The standard InChI is InChI=1S/C16H19IN2O2/c1-12(13-3-5-14(17)6-4-13)18-15-7-8-16(20)19(11-15)9-10-21-2/h3-8,11-12,18H,9-10H2,1-2H3. The molecule has 2 rings (SSSR count). The highest BCUT2D eigenvalue weighted by molar-refractivity contribution is 14.1. The second-order valence-electron chi connectivity index (χ2n) is 4.86. The van der Waals surface area contributed by atoms with E-state index in [4.69, 9.17) is 4.74 Å². The molecule has 0 bridgehead atoms. The van der Waals surface area contributed by atoms with E-state index in [9.17, 15) is 4.79 Å². The summed E-state index contributed by atoms with van der Waals surface area (Å²) in [5.41, 5.74) is 2.13. The summed E-state index contributed by atoms with van der Waals surface area (Å²) in [5, 5.41) is 3.42. The molecule has 4 nitrogen and oxygen atoms in total. The van der Waals surface area contributed by atoms with Gasteiger partial charge in [-0.05, 0) is 53.3 Å². The van der Waals surface area contributed by atoms with Crippen molar-refractivity contribution in [2.24, 2.45) is 0 Å². The monoisotopic (exact) mass is 398 g/mol. The predicted octanol–water partition coefficient (Wildman–Crippen LogP) is 3.27. The number of benzene rings is 1. The van der Waals surface area contributed by atoms with Crippen molar-refractivity contribution in [2.75, 3.05) is 19.0 Å². The molecule has 1 unspecified atom stereocenters. The Hall–Kier alpha value is -1.34. The van der Waals surface area contributed by atoms with E-state index in [1.54, 1.807) is 17.7 Å². The zero-order valence-corrected chi connectivity index (χ0v) is 14.3. The van der Waals surface area contributed by atoms with Crippen molar-refractivity contribution in [2.45, 2.75) is 19.5 Å². The van der Waals surface area contributed by atoms with E-state index in [1.165, 1.54) is 9.13 Å². The van der Waals surface area contributed by atoms with Crippen LogP contribution >= 0.6 is 22.6 Å². The molecule has 0 amide bonds. The zero-order chi connectivity index (χ0) is 15.2. The topological polar surface area (TPSA) is 43.3 Å². The highest BCUT2D eigenvalue weighted by Crippen LogP contribution is 2.19. The number of halogens is 1. The van der Waals surface area contributed by atoms with E-state index in [2.05, 4.69) is 59.1 Å². The molecule has 1 heterocycles. The van der Waals surface area contributed by atoms with Crippen LogP contribution in [0.5, 0.6) is 0 Å². The van der Waals surface area contributed by atoms with Gasteiger partial charge in [0.15, 0.2) is 0 Å². The summed E-state index contributed by atoms with van der Waals surface area (Å²) in [6, 6.07) is 12.0. The Bertz CT molecular complexity index is 637. The van der Waals surface area contributed by atoms with Crippen molar-refractivity contribution < 1.29 is 4.74 Å². The minimum atomic E-state index is -0.0143. The number of hydrogen-bond acceptors (Lipinski definition) is 3. The predicted molar refractivity (Wildman–Crippen MR) is 93.8 cm³/mol. The molecular weight excluding hydrogens is 379 g/mol. The SMILES string of the molecule is COCCn1cc(NC(C)c2ccc(I)cc2)ccc1=O. The third-order valence-electron chi connectivity index (χ3n) is 3.27. The van der Waals surface area contributed by atoms with Gasteiger partial charge in [0, 0.05) is 35.5 Å². The smallest absolute Gasteiger partial charge is 0.250 e. The van der Waals surface area contributed by atoms with Crippen LogP contribution in [0, 0.1) is 3.57 Å². The maximum Gasteiger partial charge on any atom is 0.250 e. The Morgan fingerprint density at radius 1 is 1.24 bits per heavy atom. The molecule has 0 spiro atoms. The molecule has 21 heavy (non-hydrogen) atoms. The molecule has 1 aromatic carbocycles. The third-order valence-corrected chi connectivity index (χ3v) is 3.99. The van der Waals surface area contributed by atoms with Crippen LogP contribution in [0.4, 0.5) is 5.69 Å². The average molecular weight is 398 g/mol. The van der Waals surface area contributed by atoms with Crippen molar-refractivity contribution in [1.29, 1.82) is 0 Å². The van der Waals surface area contributed by atoms with Crippen molar-refractivity contribution in [3.05, 3.63) is 62.1 Å². The summed E-state index contributed by atoms with van der Waals surface area (Å²) in [6.07, 6.45) is 1.84. The molecule has 1 N–H and O–H groups in total. The maximum atomic E-state index is 11.7. The molecule has 0 aliphatic carbocycles. The number of rotatable bonds is 6. The van der Waals surface area contributed by atoms with Crippen molar-refractivity contribution in [3.8, 4) is 0 Å². The molecule has 2 aromatic rings. The summed E-state index contributed by atoms with van der Waals surface area (Å²) in [6.45, 7) is 3.19. The van der Waals surface area contributed by atoms with Crippen LogP contribution < -0.4 is 10.9 Å². The minimum absolute atomic E-state index is 0.0143. The number of pyridine rings is 1. The number of anilines is 1. The van der Waals surface area contributed by atoms with Crippen LogP contribution in [0.25, 0.3) is 0 Å². The lowest BCUT2D eigenvalue weighted by Gasteiger charge is -2.17. The van der Waals surface area contributed by atoms with Gasteiger partial charge in [0.05, 0.1) is 12.3 Å². The van der Waals surface area contributed by atoms with Gasteiger partial charge in [0.25, 0.3) is 5.56 Å². The largest absolute Gasteiger partial charge is 0.383 e. The third kappa shape index (κ3) is 4.57. The number of ether oxygens (including phenoxy) is 1. The van der Waals surface area contributed by atoms with Gasteiger partial charge in [-0.15, -0.1) is 0 Å². The van der Waals surface area contributed by atoms with E-state index in [0.29, 0.717) is 13.2 Å². The summed E-state index contributed by atoms with van der Waals surface area (Å²) >= 11 is 2.29. The van der Waals surface area contributed by atoms with Crippen LogP contribution in [0.1, 0.15) is 18.5 Å². The van der Waals surface area contributed by atoms with E-state index in [0.717, 1.165) is 5.69 Å². The van der Waals surface area contributed by atoms with E-state index in [-0.39, 0.29) is 11.6 Å². The molecule has 5 heteroatoms.